The number of halogens is 1. The van der Waals surface area contributed by atoms with Crippen molar-refractivity contribution < 1.29 is 4.74 Å². The lowest BCUT2D eigenvalue weighted by molar-refractivity contribution is 0.187. The van der Waals surface area contributed by atoms with Gasteiger partial charge < -0.3 is 15.4 Å². The lowest BCUT2D eigenvalue weighted by Crippen LogP contribution is -2.31. The van der Waals surface area contributed by atoms with Gasteiger partial charge in [-0.3, -0.25) is 0 Å². The Morgan fingerprint density at radius 3 is 2.90 bits per heavy atom. The normalized spacial score (nSPS) is 21.5. The minimum atomic E-state index is 0. The summed E-state index contributed by atoms with van der Waals surface area (Å²) in [6, 6.07) is 2.95. The summed E-state index contributed by atoms with van der Waals surface area (Å²) in [4.78, 5) is 13.3. The van der Waals surface area contributed by atoms with Crippen molar-refractivity contribution in [3.63, 3.8) is 0 Å². The van der Waals surface area contributed by atoms with E-state index in [9.17, 15) is 0 Å². The molecule has 21 heavy (non-hydrogen) atoms. The molecule has 0 aromatic carbocycles. The van der Waals surface area contributed by atoms with Crippen molar-refractivity contribution in [1.29, 1.82) is 0 Å². The number of hydrogen-bond acceptors (Lipinski definition) is 6. The molecule has 0 saturated heterocycles. The lowest BCUT2D eigenvalue weighted by Gasteiger charge is -2.25. The van der Waals surface area contributed by atoms with Crippen LogP contribution in [0.15, 0.2) is 12.4 Å². The van der Waals surface area contributed by atoms with Crippen LogP contribution in [0.4, 0.5) is 5.82 Å². The van der Waals surface area contributed by atoms with Crippen molar-refractivity contribution in [2.45, 2.75) is 38.0 Å². The molecule has 1 aliphatic rings. The highest BCUT2D eigenvalue weighted by atomic mass is 35.5. The van der Waals surface area contributed by atoms with Crippen LogP contribution in [0.3, 0.4) is 0 Å². The first-order chi connectivity index (χ1) is 9.69. The average molecular weight is 329 g/mol. The Morgan fingerprint density at radius 1 is 1.43 bits per heavy atom. The van der Waals surface area contributed by atoms with Crippen molar-refractivity contribution in [3.05, 3.63) is 17.3 Å². The summed E-state index contributed by atoms with van der Waals surface area (Å²) >= 11 is 1.67. The Labute approximate surface area is 134 Å². The monoisotopic (exact) mass is 328 g/mol. The van der Waals surface area contributed by atoms with E-state index in [0.29, 0.717) is 18.7 Å². The summed E-state index contributed by atoms with van der Waals surface area (Å²) in [6.45, 7) is 0.623. The number of nitrogens with zero attached hydrogens (tertiary/aromatic N) is 3. The number of rotatable bonds is 4. The number of nitrogens with two attached hydrogens (primary N) is 1. The van der Waals surface area contributed by atoms with Crippen molar-refractivity contribution in [3.8, 4) is 0 Å². The van der Waals surface area contributed by atoms with E-state index in [1.807, 2.05) is 0 Å². The van der Waals surface area contributed by atoms with E-state index >= 15 is 0 Å². The topological polar surface area (TPSA) is 64.3 Å². The molecule has 0 aliphatic heterocycles. The first kappa shape index (κ1) is 16.4. The number of thiophene rings is 1. The maximum atomic E-state index is 6.02. The Bertz CT molecular complexity index is 606. The maximum absolute atomic E-state index is 6.02. The van der Waals surface area contributed by atoms with Gasteiger partial charge in [0, 0.05) is 31.1 Å². The Hall–Kier alpha value is -0.950. The number of ether oxygens (including phenoxy) is 1. The molecule has 0 amide bonds. The second-order valence-electron chi connectivity index (χ2n) is 5.40. The minimum Gasteiger partial charge on any atom is -0.379 e. The highest BCUT2D eigenvalue weighted by molar-refractivity contribution is 7.18. The van der Waals surface area contributed by atoms with Crippen LogP contribution in [0, 0.1) is 0 Å². The molecule has 0 radical (unpaired) electrons. The summed E-state index contributed by atoms with van der Waals surface area (Å²) < 4.78 is 5.20. The first-order valence-corrected chi connectivity index (χ1v) is 7.71. The van der Waals surface area contributed by atoms with Crippen LogP contribution >= 0.6 is 23.7 Å². The summed E-state index contributed by atoms with van der Waals surface area (Å²) in [7, 11) is 3.82. The maximum Gasteiger partial charge on any atom is 0.140 e. The van der Waals surface area contributed by atoms with Gasteiger partial charge in [-0.1, -0.05) is 0 Å². The number of anilines is 1. The van der Waals surface area contributed by atoms with Gasteiger partial charge in [0.15, 0.2) is 0 Å². The predicted molar refractivity (Wildman–Crippen MR) is 89.4 cm³/mol. The Balaban J connectivity index is 0.00000161. The second kappa shape index (κ2) is 6.87. The van der Waals surface area contributed by atoms with Gasteiger partial charge in [0.2, 0.25) is 0 Å². The van der Waals surface area contributed by atoms with Crippen LogP contribution in [0.25, 0.3) is 10.2 Å². The predicted octanol–water partition coefficient (Wildman–Crippen LogP) is 2.58. The van der Waals surface area contributed by atoms with Crippen LogP contribution < -0.4 is 10.6 Å². The van der Waals surface area contributed by atoms with Gasteiger partial charge in [-0.15, -0.1) is 23.7 Å². The summed E-state index contributed by atoms with van der Waals surface area (Å²) in [5.74, 6) is 1.01. The SMILES string of the molecule is COCc1cc2c(N(C)C3CCC(N)C3)ncnc2s1.Cl. The summed E-state index contributed by atoms with van der Waals surface area (Å²) in [5, 5.41) is 1.12. The standard InChI is InChI=1S/C14H20N4OS.ClH/c1-18(10-4-3-9(15)5-10)13-12-6-11(7-19-2)20-14(12)17-8-16-13;/h6,8-10H,3-5,7,15H2,1-2H3;1H. The van der Waals surface area contributed by atoms with Gasteiger partial charge in [0.05, 0.1) is 12.0 Å². The Morgan fingerprint density at radius 2 is 2.24 bits per heavy atom. The van der Waals surface area contributed by atoms with Crippen LogP contribution in [-0.2, 0) is 11.3 Å². The highest BCUT2D eigenvalue weighted by Gasteiger charge is 2.27. The van der Waals surface area contributed by atoms with Gasteiger partial charge >= 0.3 is 0 Å². The zero-order valence-electron chi connectivity index (χ0n) is 12.3. The molecule has 2 aromatic rings. The fourth-order valence-electron chi connectivity index (χ4n) is 2.90. The number of aromatic nitrogens is 2. The molecule has 3 rings (SSSR count). The third-order valence-electron chi connectivity index (χ3n) is 3.97. The summed E-state index contributed by atoms with van der Waals surface area (Å²) in [6.07, 6.45) is 4.92. The fourth-order valence-corrected chi connectivity index (χ4v) is 3.87. The van der Waals surface area contributed by atoms with Crippen LogP contribution in [0.1, 0.15) is 24.1 Å². The molecule has 1 aliphatic carbocycles. The lowest BCUT2D eigenvalue weighted by atomic mass is 10.2. The van der Waals surface area contributed by atoms with E-state index in [-0.39, 0.29) is 12.4 Å². The van der Waals surface area contributed by atoms with Gasteiger partial charge in [-0.2, -0.15) is 0 Å². The molecule has 2 aromatic heterocycles. The van der Waals surface area contributed by atoms with Gasteiger partial charge in [-0.05, 0) is 25.3 Å². The molecule has 0 bridgehead atoms. The molecule has 1 saturated carbocycles. The third kappa shape index (κ3) is 3.29. The fraction of sp³-hybridized carbons (Fsp3) is 0.571. The molecular weight excluding hydrogens is 308 g/mol. The van der Waals surface area contributed by atoms with Crippen molar-refractivity contribution >= 4 is 39.8 Å². The largest absolute Gasteiger partial charge is 0.379 e. The molecule has 2 unspecified atom stereocenters. The smallest absolute Gasteiger partial charge is 0.140 e. The van der Waals surface area contributed by atoms with Gasteiger partial charge in [-0.25, -0.2) is 9.97 Å². The van der Waals surface area contributed by atoms with E-state index in [2.05, 4.69) is 28.0 Å². The zero-order chi connectivity index (χ0) is 14.1. The summed E-state index contributed by atoms with van der Waals surface area (Å²) in [5.41, 5.74) is 6.02. The molecule has 1 fully saturated rings. The van der Waals surface area contributed by atoms with Gasteiger partial charge in [0.1, 0.15) is 17.0 Å². The average Bonchev–Trinajstić information content (AvgIpc) is 3.03. The van der Waals surface area contributed by atoms with E-state index in [4.69, 9.17) is 10.5 Å². The highest BCUT2D eigenvalue weighted by Crippen LogP contribution is 2.33. The molecule has 116 valence electrons. The van der Waals surface area contributed by atoms with Crippen molar-refractivity contribution in [1.82, 2.24) is 9.97 Å². The van der Waals surface area contributed by atoms with Gasteiger partial charge in [0.25, 0.3) is 0 Å². The van der Waals surface area contributed by atoms with Crippen molar-refractivity contribution in [2.24, 2.45) is 5.73 Å². The van der Waals surface area contributed by atoms with Crippen molar-refractivity contribution in [2.75, 3.05) is 19.1 Å². The van der Waals surface area contributed by atoms with E-state index in [1.165, 1.54) is 4.88 Å². The molecule has 0 spiro atoms. The quantitative estimate of drug-likeness (QED) is 0.934. The molecule has 7 heteroatoms. The van der Waals surface area contributed by atoms with Crippen LogP contribution in [-0.4, -0.2) is 36.2 Å². The molecule has 5 nitrogen and oxygen atoms in total. The second-order valence-corrected chi connectivity index (χ2v) is 6.51. The van der Waals surface area contributed by atoms with E-state index in [1.54, 1.807) is 24.8 Å². The number of fused-ring (bicyclic) bond motifs is 1. The minimum absolute atomic E-state index is 0. The van der Waals surface area contributed by atoms with E-state index < -0.39 is 0 Å². The Kier molecular flexibility index (Phi) is 5.37. The molecule has 2 atom stereocenters. The van der Waals surface area contributed by atoms with Crippen LogP contribution in [0.5, 0.6) is 0 Å². The first-order valence-electron chi connectivity index (χ1n) is 6.90. The third-order valence-corrected chi connectivity index (χ3v) is 4.99. The molecule has 2 N–H and O–H groups in total. The number of methoxy groups -OCH3 is 1. The van der Waals surface area contributed by atoms with E-state index in [0.717, 1.165) is 35.3 Å². The van der Waals surface area contributed by atoms with Crippen LogP contribution in [0.2, 0.25) is 0 Å². The zero-order valence-corrected chi connectivity index (χ0v) is 13.9. The molecule has 2 heterocycles. The number of hydrogen-bond donors (Lipinski definition) is 1. The molecular formula is C14H21ClN4OS.